The van der Waals surface area contributed by atoms with Crippen molar-refractivity contribution in [3.05, 3.63) is 46.9 Å². The molecule has 0 atom stereocenters. The normalized spacial score (nSPS) is 20.2. The number of aromatic nitrogens is 1. The Bertz CT molecular complexity index is 781. The topological polar surface area (TPSA) is 53.5 Å². The summed E-state index contributed by atoms with van der Waals surface area (Å²) in [5.41, 5.74) is 2.97. The second-order valence-corrected chi connectivity index (χ2v) is 9.43. The van der Waals surface area contributed by atoms with Gasteiger partial charge in [0.2, 0.25) is 10.0 Å². The average molecular weight is 378 g/mol. The first-order chi connectivity index (χ1) is 12.1. The van der Waals surface area contributed by atoms with E-state index in [4.69, 9.17) is 0 Å². The van der Waals surface area contributed by atoms with Gasteiger partial charge in [0, 0.05) is 37.1 Å². The van der Waals surface area contributed by atoms with Crippen molar-refractivity contribution in [1.82, 2.24) is 14.2 Å². The van der Waals surface area contributed by atoms with E-state index in [0.29, 0.717) is 4.90 Å². The molecule has 2 aromatic rings. The molecule has 0 radical (unpaired) electrons. The Morgan fingerprint density at radius 3 is 2.36 bits per heavy atom. The predicted octanol–water partition coefficient (Wildman–Crippen LogP) is 2.96. The minimum absolute atomic E-state index is 0.115. The predicted molar refractivity (Wildman–Crippen MR) is 98.9 cm³/mol. The number of piperidine rings is 1. The summed E-state index contributed by atoms with van der Waals surface area (Å²) >= 11 is 1.62. The molecule has 2 heterocycles. The highest BCUT2D eigenvalue weighted by atomic mass is 32.2. The largest absolute Gasteiger partial charge is 0.297 e. The van der Waals surface area contributed by atoms with Crippen molar-refractivity contribution in [2.24, 2.45) is 0 Å². The lowest BCUT2D eigenvalue weighted by molar-refractivity contribution is 0.149. The number of thiazole rings is 1. The van der Waals surface area contributed by atoms with Crippen molar-refractivity contribution in [2.75, 3.05) is 13.1 Å². The molecule has 0 N–H and O–H groups in total. The van der Waals surface area contributed by atoms with Crippen molar-refractivity contribution >= 4 is 21.4 Å². The zero-order valence-corrected chi connectivity index (χ0v) is 15.8. The molecule has 1 saturated heterocycles. The van der Waals surface area contributed by atoms with E-state index in [1.54, 1.807) is 35.6 Å². The van der Waals surface area contributed by atoms with Gasteiger partial charge in [0.1, 0.15) is 0 Å². The molecule has 25 heavy (non-hydrogen) atoms. The maximum absolute atomic E-state index is 13.2. The lowest BCUT2D eigenvalue weighted by atomic mass is 10.0. The fourth-order valence-electron chi connectivity index (χ4n) is 3.61. The molecular formula is C18H23N3O2S2. The Labute approximate surface area is 153 Å². The molecule has 134 valence electrons. The Morgan fingerprint density at radius 2 is 1.76 bits per heavy atom. The standard InChI is InChI=1S/C18H23N3O2S2/c22-25(23,18-4-2-1-3-5-18)21(16-6-7-16)17-8-10-20(11-9-17)12-15-13-24-14-19-15/h1-5,13-14,16-17H,6-12H2. The Kier molecular flexibility index (Phi) is 4.90. The number of benzene rings is 1. The Morgan fingerprint density at radius 1 is 1.08 bits per heavy atom. The third-order valence-corrected chi connectivity index (χ3v) is 7.67. The van der Waals surface area contributed by atoms with Crippen LogP contribution in [-0.4, -0.2) is 47.8 Å². The van der Waals surface area contributed by atoms with E-state index in [0.717, 1.165) is 51.0 Å². The summed E-state index contributed by atoms with van der Waals surface area (Å²) in [4.78, 5) is 7.16. The molecule has 5 nitrogen and oxygen atoms in total. The van der Waals surface area contributed by atoms with Crippen LogP contribution in [0.5, 0.6) is 0 Å². The Balaban J connectivity index is 1.46. The van der Waals surface area contributed by atoms with Gasteiger partial charge in [-0.25, -0.2) is 13.4 Å². The van der Waals surface area contributed by atoms with E-state index in [9.17, 15) is 8.42 Å². The molecule has 0 spiro atoms. The summed E-state index contributed by atoms with van der Waals surface area (Å²) in [7, 11) is -3.40. The van der Waals surface area contributed by atoms with Crippen LogP contribution in [0.15, 0.2) is 46.1 Å². The first kappa shape index (κ1) is 17.1. The van der Waals surface area contributed by atoms with Gasteiger partial charge >= 0.3 is 0 Å². The van der Waals surface area contributed by atoms with Gasteiger partial charge < -0.3 is 0 Å². The van der Waals surface area contributed by atoms with Crippen LogP contribution in [0.3, 0.4) is 0 Å². The van der Waals surface area contributed by atoms with E-state index in [2.05, 4.69) is 15.3 Å². The molecule has 1 aromatic carbocycles. The summed E-state index contributed by atoms with van der Waals surface area (Å²) in [6.45, 7) is 2.72. The molecule has 0 unspecified atom stereocenters. The van der Waals surface area contributed by atoms with Crippen molar-refractivity contribution in [1.29, 1.82) is 0 Å². The number of nitrogens with zero attached hydrogens (tertiary/aromatic N) is 3. The molecule has 2 aliphatic rings. The molecule has 0 bridgehead atoms. The molecule has 4 rings (SSSR count). The number of rotatable bonds is 6. The summed E-state index contributed by atoms with van der Waals surface area (Å²) < 4.78 is 28.1. The van der Waals surface area contributed by atoms with E-state index in [1.807, 2.05) is 15.9 Å². The highest BCUT2D eigenvalue weighted by molar-refractivity contribution is 7.89. The van der Waals surface area contributed by atoms with Gasteiger partial charge in [-0.15, -0.1) is 11.3 Å². The SMILES string of the molecule is O=S(=O)(c1ccccc1)N(C1CC1)C1CCN(Cc2cscn2)CC1. The zero-order chi connectivity index (χ0) is 17.3. The smallest absolute Gasteiger partial charge is 0.243 e. The minimum Gasteiger partial charge on any atom is -0.297 e. The average Bonchev–Trinajstić information content (AvgIpc) is 3.32. The number of hydrogen-bond acceptors (Lipinski definition) is 5. The summed E-state index contributed by atoms with van der Waals surface area (Å²) in [6, 6.07) is 9.19. The van der Waals surface area contributed by atoms with Crippen LogP contribution < -0.4 is 0 Å². The van der Waals surface area contributed by atoms with Gasteiger partial charge in [0.05, 0.1) is 16.1 Å². The van der Waals surface area contributed by atoms with Crippen LogP contribution in [0.2, 0.25) is 0 Å². The lowest BCUT2D eigenvalue weighted by Crippen LogP contribution is -2.48. The second-order valence-electron chi connectivity index (χ2n) is 6.87. The van der Waals surface area contributed by atoms with E-state index < -0.39 is 10.0 Å². The number of hydrogen-bond donors (Lipinski definition) is 0. The number of sulfonamides is 1. The molecular weight excluding hydrogens is 354 g/mol. The highest BCUT2D eigenvalue weighted by Crippen LogP contribution is 2.36. The molecule has 1 aliphatic carbocycles. The van der Waals surface area contributed by atoms with Gasteiger partial charge in [0.25, 0.3) is 0 Å². The van der Waals surface area contributed by atoms with Crippen molar-refractivity contribution in [3.8, 4) is 0 Å². The van der Waals surface area contributed by atoms with E-state index in [1.165, 1.54) is 0 Å². The van der Waals surface area contributed by atoms with Gasteiger partial charge in [-0.3, -0.25) is 4.90 Å². The van der Waals surface area contributed by atoms with Crippen LogP contribution in [0, 0.1) is 0 Å². The van der Waals surface area contributed by atoms with Crippen LogP contribution in [0.4, 0.5) is 0 Å². The summed E-state index contributed by atoms with van der Waals surface area (Å²) in [6.07, 6.45) is 3.77. The summed E-state index contributed by atoms with van der Waals surface area (Å²) in [5.74, 6) is 0. The minimum atomic E-state index is -3.40. The van der Waals surface area contributed by atoms with Crippen LogP contribution >= 0.6 is 11.3 Å². The third kappa shape index (κ3) is 3.79. The lowest BCUT2D eigenvalue weighted by Gasteiger charge is -2.37. The second kappa shape index (κ2) is 7.15. The molecule has 0 amide bonds. The van der Waals surface area contributed by atoms with E-state index in [-0.39, 0.29) is 12.1 Å². The van der Waals surface area contributed by atoms with Gasteiger partial charge in [-0.05, 0) is 37.8 Å². The fraction of sp³-hybridized carbons (Fsp3) is 0.500. The summed E-state index contributed by atoms with van der Waals surface area (Å²) in [5, 5.41) is 2.09. The van der Waals surface area contributed by atoms with Crippen molar-refractivity contribution in [3.63, 3.8) is 0 Å². The van der Waals surface area contributed by atoms with Crippen LogP contribution in [-0.2, 0) is 16.6 Å². The van der Waals surface area contributed by atoms with Gasteiger partial charge in [-0.2, -0.15) is 4.31 Å². The van der Waals surface area contributed by atoms with Crippen molar-refractivity contribution in [2.45, 2.75) is 49.2 Å². The molecule has 2 fully saturated rings. The maximum atomic E-state index is 13.2. The quantitative estimate of drug-likeness (QED) is 0.777. The first-order valence-electron chi connectivity index (χ1n) is 8.82. The van der Waals surface area contributed by atoms with Crippen LogP contribution in [0.25, 0.3) is 0 Å². The monoisotopic (exact) mass is 377 g/mol. The highest BCUT2D eigenvalue weighted by Gasteiger charge is 2.43. The number of likely N-dealkylation sites (tertiary alicyclic amines) is 1. The van der Waals surface area contributed by atoms with Gasteiger partial charge in [-0.1, -0.05) is 18.2 Å². The fourth-order valence-corrected chi connectivity index (χ4v) is 6.11. The van der Waals surface area contributed by atoms with E-state index >= 15 is 0 Å². The molecule has 1 aromatic heterocycles. The molecule has 7 heteroatoms. The van der Waals surface area contributed by atoms with Gasteiger partial charge in [0.15, 0.2) is 0 Å². The Hall–Kier alpha value is -1.28. The third-order valence-electron chi connectivity index (χ3n) is 5.01. The molecule has 1 saturated carbocycles. The van der Waals surface area contributed by atoms with Crippen LogP contribution in [0.1, 0.15) is 31.4 Å². The zero-order valence-electron chi connectivity index (χ0n) is 14.1. The van der Waals surface area contributed by atoms with Crippen molar-refractivity contribution < 1.29 is 8.42 Å². The molecule has 1 aliphatic heterocycles. The first-order valence-corrected chi connectivity index (χ1v) is 11.2. The maximum Gasteiger partial charge on any atom is 0.243 e.